The Labute approximate surface area is 114 Å². The van der Waals surface area contributed by atoms with Gasteiger partial charge < -0.3 is 15.2 Å². The van der Waals surface area contributed by atoms with Crippen LogP contribution in [0.2, 0.25) is 0 Å². The Kier molecular flexibility index (Phi) is 4.92. The van der Waals surface area contributed by atoms with E-state index in [0.717, 1.165) is 25.0 Å². The van der Waals surface area contributed by atoms with E-state index in [9.17, 15) is 5.11 Å². The van der Waals surface area contributed by atoms with Gasteiger partial charge in [-0.25, -0.2) is 0 Å². The first-order chi connectivity index (χ1) is 9.20. The predicted molar refractivity (Wildman–Crippen MR) is 72.6 cm³/mol. The molecular weight excluding hydrogens is 240 g/mol. The minimum Gasteiger partial charge on any atom is -0.387 e. The number of nitriles is 1. The molecule has 1 aromatic rings. The molecule has 1 aromatic carbocycles. The summed E-state index contributed by atoms with van der Waals surface area (Å²) in [5.74, 6) is 0. The molecule has 0 amide bonds. The minimum atomic E-state index is -0.559. The van der Waals surface area contributed by atoms with Crippen molar-refractivity contribution in [3.05, 3.63) is 35.4 Å². The minimum absolute atomic E-state index is 0.246. The van der Waals surface area contributed by atoms with Gasteiger partial charge in [-0.3, -0.25) is 0 Å². The van der Waals surface area contributed by atoms with E-state index < -0.39 is 6.10 Å². The molecule has 3 atom stereocenters. The van der Waals surface area contributed by atoms with Gasteiger partial charge in [0.15, 0.2) is 0 Å². The Hall–Kier alpha value is -1.41. The maximum absolute atomic E-state index is 10.1. The topological polar surface area (TPSA) is 65.3 Å². The molecule has 0 saturated carbocycles. The molecule has 1 saturated heterocycles. The van der Waals surface area contributed by atoms with Gasteiger partial charge in [-0.15, -0.1) is 0 Å². The fraction of sp³-hybridized carbons (Fsp3) is 0.533. The SMILES string of the molecule is CC(NCC(O)c1ccc(C#N)cc1)C1CCCO1. The molecule has 0 radical (unpaired) electrons. The van der Waals surface area contributed by atoms with Gasteiger partial charge in [-0.05, 0) is 37.5 Å². The van der Waals surface area contributed by atoms with Gasteiger partial charge in [0, 0.05) is 19.2 Å². The lowest BCUT2D eigenvalue weighted by atomic mass is 10.1. The van der Waals surface area contributed by atoms with Gasteiger partial charge in [-0.2, -0.15) is 5.26 Å². The van der Waals surface area contributed by atoms with Crippen molar-refractivity contribution >= 4 is 0 Å². The lowest BCUT2D eigenvalue weighted by Crippen LogP contribution is -2.39. The molecule has 2 N–H and O–H groups in total. The molecule has 4 heteroatoms. The van der Waals surface area contributed by atoms with Crippen LogP contribution in [-0.2, 0) is 4.74 Å². The van der Waals surface area contributed by atoms with Crippen LogP contribution in [-0.4, -0.2) is 30.4 Å². The van der Waals surface area contributed by atoms with E-state index in [-0.39, 0.29) is 12.1 Å². The molecule has 4 nitrogen and oxygen atoms in total. The molecule has 102 valence electrons. The van der Waals surface area contributed by atoms with Crippen LogP contribution in [0.5, 0.6) is 0 Å². The van der Waals surface area contributed by atoms with E-state index in [1.54, 1.807) is 24.3 Å². The Bertz CT molecular complexity index is 432. The molecule has 1 heterocycles. The second kappa shape index (κ2) is 6.67. The van der Waals surface area contributed by atoms with Crippen molar-refractivity contribution in [1.29, 1.82) is 5.26 Å². The van der Waals surface area contributed by atoms with Crippen molar-refractivity contribution in [3.8, 4) is 6.07 Å². The van der Waals surface area contributed by atoms with E-state index in [1.807, 2.05) is 0 Å². The van der Waals surface area contributed by atoms with Crippen LogP contribution in [0.15, 0.2) is 24.3 Å². The molecule has 3 unspecified atom stereocenters. The van der Waals surface area contributed by atoms with Gasteiger partial charge in [-0.1, -0.05) is 12.1 Å². The van der Waals surface area contributed by atoms with Gasteiger partial charge in [0.25, 0.3) is 0 Å². The zero-order chi connectivity index (χ0) is 13.7. The molecule has 19 heavy (non-hydrogen) atoms. The summed E-state index contributed by atoms with van der Waals surface area (Å²) in [5.41, 5.74) is 1.43. The van der Waals surface area contributed by atoms with E-state index in [4.69, 9.17) is 10.00 Å². The molecular formula is C15H20N2O2. The lowest BCUT2D eigenvalue weighted by Gasteiger charge is -2.22. The standard InChI is InChI=1S/C15H20N2O2/c1-11(15-3-2-8-19-15)17-10-14(18)13-6-4-12(9-16)5-7-13/h4-7,11,14-15,17-18H,2-3,8,10H2,1H3. The Morgan fingerprint density at radius 2 is 2.21 bits per heavy atom. The summed E-state index contributed by atoms with van der Waals surface area (Å²) in [6.45, 7) is 3.42. The second-order valence-electron chi connectivity index (χ2n) is 5.00. The molecule has 0 bridgehead atoms. The molecule has 0 aliphatic carbocycles. The Morgan fingerprint density at radius 3 is 2.79 bits per heavy atom. The quantitative estimate of drug-likeness (QED) is 0.846. The monoisotopic (exact) mass is 260 g/mol. The van der Waals surface area contributed by atoms with E-state index >= 15 is 0 Å². The number of ether oxygens (including phenoxy) is 1. The predicted octanol–water partition coefficient (Wildman–Crippen LogP) is 1.75. The number of nitrogens with one attached hydrogen (secondary N) is 1. The van der Waals surface area contributed by atoms with Crippen LogP contribution < -0.4 is 5.32 Å². The highest BCUT2D eigenvalue weighted by atomic mass is 16.5. The third-order valence-electron chi connectivity index (χ3n) is 3.58. The fourth-order valence-electron chi connectivity index (χ4n) is 2.32. The number of nitrogens with zero attached hydrogens (tertiary/aromatic N) is 1. The number of hydrogen-bond donors (Lipinski definition) is 2. The summed E-state index contributed by atoms with van der Waals surface area (Å²) in [7, 11) is 0. The molecule has 0 aromatic heterocycles. The van der Waals surface area contributed by atoms with Gasteiger partial charge >= 0.3 is 0 Å². The summed E-state index contributed by atoms with van der Waals surface area (Å²) in [6, 6.07) is 9.35. The van der Waals surface area contributed by atoms with Crippen LogP contribution in [0.25, 0.3) is 0 Å². The van der Waals surface area contributed by atoms with Gasteiger partial charge in [0.2, 0.25) is 0 Å². The van der Waals surface area contributed by atoms with E-state index in [0.29, 0.717) is 12.1 Å². The van der Waals surface area contributed by atoms with Crippen molar-refractivity contribution in [1.82, 2.24) is 5.32 Å². The highest BCUT2D eigenvalue weighted by molar-refractivity contribution is 5.32. The van der Waals surface area contributed by atoms with Crippen LogP contribution in [0.1, 0.15) is 37.0 Å². The van der Waals surface area contributed by atoms with Crippen LogP contribution in [0.3, 0.4) is 0 Å². The third-order valence-corrected chi connectivity index (χ3v) is 3.58. The highest BCUT2D eigenvalue weighted by Crippen LogP contribution is 2.17. The summed E-state index contributed by atoms with van der Waals surface area (Å²) in [6.07, 6.45) is 1.90. The number of hydrogen-bond acceptors (Lipinski definition) is 4. The number of aliphatic hydroxyl groups is 1. The van der Waals surface area contributed by atoms with E-state index in [1.165, 1.54) is 0 Å². The Morgan fingerprint density at radius 1 is 1.47 bits per heavy atom. The normalized spacial score (nSPS) is 21.8. The van der Waals surface area contributed by atoms with Crippen LogP contribution in [0, 0.1) is 11.3 Å². The van der Waals surface area contributed by atoms with Crippen LogP contribution >= 0.6 is 0 Å². The summed E-state index contributed by atoms with van der Waals surface area (Å²) in [5, 5.41) is 22.1. The van der Waals surface area contributed by atoms with Crippen molar-refractivity contribution in [3.63, 3.8) is 0 Å². The molecule has 1 aliphatic rings. The molecule has 2 rings (SSSR count). The average molecular weight is 260 g/mol. The fourth-order valence-corrected chi connectivity index (χ4v) is 2.32. The maximum Gasteiger partial charge on any atom is 0.0991 e. The number of rotatable bonds is 5. The first-order valence-corrected chi connectivity index (χ1v) is 6.74. The van der Waals surface area contributed by atoms with E-state index in [2.05, 4.69) is 18.3 Å². The van der Waals surface area contributed by atoms with Crippen molar-refractivity contribution in [2.75, 3.05) is 13.2 Å². The first kappa shape index (κ1) is 14.0. The average Bonchev–Trinajstić information content (AvgIpc) is 2.98. The smallest absolute Gasteiger partial charge is 0.0991 e. The van der Waals surface area contributed by atoms with Crippen molar-refractivity contribution in [2.45, 2.75) is 38.0 Å². The van der Waals surface area contributed by atoms with Crippen LogP contribution in [0.4, 0.5) is 0 Å². The summed E-state index contributed by atoms with van der Waals surface area (Å²) < 4.78 is 5.60. The second-order valence-corrected chi connectivity index (χ2v) is 5.00. The molecule has 1 fully saturated rings. The van der Waals surface area contributed by atoms with Crippen molar-refractivity contribution < 1.29 is 9.84 Å². The first-order valence-electron chi connectivity index (χ1n) is 6.74. The Balaban J connectivity index is 1.82. The zero-order valence-corrected chi connectivity index (χ0v) is 11.2. The maximum atomic E-state index is 10.1. The number of benzene rings is 1. The summed E-state index contributed by atoms with van der Waals surface area (Å²) >= 11 is 0. The molecule has 1 aliphatic heterocycles. The largest absolute Gasteiger partial charge is 0.387 e. The number of aliphatic hydroxyl groups excluding tert-OH is 1. The third kappa shape index (κ3) is 3.77. The lowest BCUT2D eigenvalue weighted by molar-refractivity contribution is 0.0765. The van der Waals surface area contributed by atoms with Gasteiger partial charge in [0.05, 0.1) is 23.8 Å². The van der Waals surface area contributed by atoms with Crippen molar-refractivity contribution in [2.24, 2.45) is 0 Å². The zero-order valence-electron chi connectivity index (χ0n) is 11.2. The summed E-state index contributed by atoms with van der Waals surface area (Å²) in [4.78, 5) is 0. The highest BCUT2D eigenvalue weighted by Gasteiger charge is 2.22. The molecule has 0 spiro atoms. The van der Waals surface area contributed by atoms with Gasteiger partial charge in [0.1, 0.15) is 0 Å².